The minimum atomic E-state index is 0.555. The molecular weight excluding hydrogens is 194 g/mol. The van der Waals surface area contributed by atoms with Crippen LogP contribution in [-0.2, 0) is 0 Å². The second kappa shape index (κ2) is 4.28. The molecule has 1 aromatic heterocycles. The molecule has 2 rings (SSSR count). The number of aromatic nitrogens is 2. The van der Waals surface area contributed by atoms with Gasteiger partial charge < -0.3 is 15.8 Å². The van der Waals surface area contributed by atoms with Gasteiger partial charge in [-0.05, 0) is 12.8 Å². The molecule has 0 atom stereocenters. The highest BCUT2D eigenvalue weighted by Gasteiger charge is 2.16. The van der Waals surface area contributed by atoms with Crippen molar-refractivity contribution >= 4 is 17.6 Å². The fourth-order valence-corrected chi connectivity index (χ4v) is 1.64. The highest BCUT2D eigenvalue weighted by Crippen LogP contribution is 2.19. The predicted octanol–water partition coefficient (Wildman–Crippen LogP) is -0.352. The van der Waals surface area contributed by atoms with Crippen LogP contribution in [0.3, 0.4) is 0 Å². The van der Waals surface area contributed by atoms with E-state index in [-0.39, 0.29) is 0 Å². The van der Waals surface area contributed by atoms with Crippen molar-refractivity contribution in [3.8, 4) is 0 Å². The zero-order valence-corrected chi connectivity index (χ0v) is 8.40. The number of rotatable bonds is 3. The largest absolute Gasteiger partial charge is 0.341 e. The Morgan fingerprint density at radius 1 is 1.07 bits per heavy atom. The van der Waals surface area contributed by atoms with Gasteiger partial charge in [0.2, 0.25) is 5.95 Å². The topological polar surface area (TPSA) is 105 Å². The first-order valence-electron chi connectivity index (χ1n) is 4.91. The van der Waals surface area contributed by atoms with E-state index in [2.05, 4.69) is 25.7 Å². The summed E-state index contributed by atoms with van der Waals surface area (Å²) in [5.41, 5.74) is 4.98. The van der Waals surface area contributed by atoms with Gasteiger partial charge in [0.25, 0.3) is 0 Å². The second-order valence-corrected chi connectivity index (χ2v) is 3.42. The van der Waals surface area contributed by atoms with Crippen molar-refractivity contribution in [1.29, 1.82) is 0 Å². The van der Waals surface area contributed by atoms with Gasteiger partial charge in [-0.2, -0.15) is 9.97 Å². The van der Waals surface area contributed by atoms with Crippen LogP contribution in [0.25, 0.3) is 0 Å². The summed E-state index contributed by atoms with van der Waals surface area (Å²) in [6.45, 7) is 1.97. The van der Waals surface area contributed by atoms with Gasteiger partial charge in [0.15, 0.2) is 0 Å². The third-order valence-electron chi connectivity index (χ3n) is 2.40. The zero-order valence-electron chi connectivity index (χ0n) is 8.40. The molecule has 1 aliphatic heterocycles. The molecule has 1 fully saturated rings. The van der Waals surface area contributed by atoms with E-state index >= 15 is 0 Å². The molecule has 15 heavy (non-hydrogen) atoms. The van der Waals surface area contributed by atoms with Gasteiger partial charge in [0.1, 0.15) is 11.6 Å². The average molecular weight is 209 g/mol. The van der Waals surface area contributed by atoms with Crippen LogP contribution in [0.4, 0.5) is 17.6 Å². The van der Waals surface area contributed by atoms with Crippen LogP contribution in [0.2, 0.25) is 0 Å². The third kappa shape index (κ3) is 2.08. The average Bonchev–Trinajstić information content (AvgIpc) is 2.81. The quantitative estimate of drug-likeness (QED) is 0.398. The Labute approximate surface area is 87.8 Å². The van der Waals surface area contributed by atoms with E-state index in [9.17, 15) is 0 Å². The lowest BCUT2D eigenvalue weighted by molar-refractivity contribution is 0.898. The van der Waals surface area contributed by atoms with E-state index < -0.39 is 0 Å². The molecular formula is C8H15N7. The van der Waals surface area contributed by atoms with E-state index in [4.69, 9.17) is 11.7 Å². The number of nitrogens with two attached hydrogens (primary N) is 2. The number of anilines is 3. The summed E-state index contributed by atoms with van der Waals surface area (Å²) in [7, 11) is 0. The SMILES string of the molecule is NNc1cc(NN)nc(N2CCCC2)n1. The van der Waals surface area contributed by atoms with Crippen LogP contribution < -0.4 is 27.4 Å². The standard InChI is InChI=1S/C8H15N7/c9-13-6-5-7(14-10)12-8(11-6)15-3-1-2-4-15/h5H,1-4,9-10H2,(H2,11,12,13,14). The molecule has 82 valence electrons. The molecule has 0 aromatic carbocycles. The fraction of sp³-hybridized carbons (Fsp3) is 0.500. The summed E-state index contributed by atoms with van der Waals surface area (Å²) in [6, 6.07) is 1.65. The maximum absolute atomic E-state index is 5.31. The lowest BCUT2D eigenvalue weighted by Gasteiger charge is -2.16. The Kier molecular flexibility index (Phi) is 2.84. The third-order valence-corrected chi connectivity index (χ3v) is 2.40. The van der Waals surface area contributed by atoms with E-state index in [1.165, 1.54) is 12.8 Å². The van der Waals surface area contributed by atoms with Crippen molar-refractivity contribution in [2.45, 2.75) is 12.8 Å². The van der Waals surface area contributed by atoms with Crippen molar-refractivity contribution in [1.82, 2.24) is 9.97 Å². The molecule has 0 unspecified atom stereocenters. The van der Waals surface area contributed by atoms with Crippen molar-refractivity contribution in [3.63, 3.8) is 0 Å². The zero-order chi connectivity index (χ0) is 10.7. The van der Waals surface area contributed by atoms with E-state index in [0.29, 0.717) is 17.6 Å². The normalized spacial score (nSPS) is 15.5. The molecule has 6 N–H and O–H groups in total. The second-order valence-electron chi connectivity index (χ2n) is 3.42. The van der Waals surface area contributed by atoms with Crippen LogP contribution >= 0.6 is 0 Å². The van der Waals surface area contributed by atoms with Gasteiger partial charge in [-0.15, -0.1) is 0 Å². The number of nitrogens with one attached hydrogen (secondary N) is 2. The van der Waals surface area contributed by atoms with Gasteiger partial charge in [0, 0.05) is 19.2 Å². The molecule has 0 saturated carbocycles. The molecule has 1 saturated heterocycles. The van der Waals surface area contributed by atoms with Crippen LogP contribution in [0.5, 0.6) is 0 Å². The number of hydrogen-bond acceptors (Lipinski definition) is 7. The maximum atomic E-state index is 5.31. The first kappa shape index (κ1) is 9.94. The van der Waals surface area contributed by atoms with E-state index in [1.807, 2.05) is 0 Å². The van der Waals surface area contributed by atoms with Gasteiger partial charge in [-0.3, -0.25) is 0 Å². The smallest absolute Gasteiger partial charge is 0.229 e. The van der Waals surface area contributed by atoms with Crippen LogP contribution in [-0.4, -0.2) is 23.1 Å². The van der Waals surface area contributed by atoms with E-state index in [0.717, 1.165) is 13.1 Å². The molecule has 2 heterocycles. The van der Waals surface area contributed by atoms with Gasteiger partial charge in [-0.1, -0.05) is 0 Å². The molecule has 7 heteroatoms. The Bertz CT molecular complexity index is 312. The van der Waals surface area contributed by atoms with Gasteiger partial charge in [0.05, 0.1) is 0 Å². The summed E-state index contributed by atoms with van der Waals surface area (Å²) in [6.07, 6.45) is 2.35. The number of nitrogen functional groups attached to an aromatic ring is 2. The maximum Gasteiger partial charge on any atom is 0.229 e. The molecule has 7 nitrogen and oxygen atoms in total. The minimum absolute atomic E-state index is 0.555. The summed E-state index contributed by atoms with van der Waals surface area (Å²) >= 11 is 0. The highest BCUT2D eigenvalue weighted by molar-refractivity contribution is 5.52. The van der Waals surface area contributed by atoms with Crippen LogP contribution in [0.1, 0.15) is 12.8 Å². The number of hydrogen-bond donors (Lipinski definition) is 4. The molecule has 0 aliphatic carbocycles. The van der Waals surface area contributed by atoms with Crippen molar-refractivity contribution in [3.05, 3.63) is 6.07 Å². The monoisotopic (exact) mass is 209 g/mol. The molecule has 0 radical (unpaired) electrons. The first-order chi connectivity index (χ1) is 7.33. The lowest BCUT2D eigenvalue weighted by Crippen LogP contribution is -2.23. The Morgan fingerprint density at radius 3 is 2.07 bits per heavy atom. The Balaban J connectivity index is 2.28. The summed E-state index contributed by atoms with van der Waals surface area (Å²) in [5, 5.41) is 0. The molecule has 0 amide bonds. The molecule has 1 aliphatic rings. The van der Waals surface area contributed by atoms with Gasteiger partial charge in [-0.25, -0.2) is 11.7 Å². The highest BCUT2D eigenvalue weighted by atomic mass is 15.3. The van der Waals surface area contributed by atoms with Crippen molar-refractivity contribution < 1.29 is 0 Å². The van der Waals surface area contributed by atoms with E-state index in [1.54, 1.807) is 6.07 Å². The Morgan fingerprint density at radius 2 is 1.60 bits per heavy atom. The van der Waals surface area contributed by atoms with Crippen molar-refractivity contribution in [2.75, 3.05) is 28.8 Å². The fourth-order valence-electron chi connectivity index (χ4n) is 1.64. The lowest BCUT2D eigenvalue weighted by atomic mass is 10.4. The number of hydrazine groups is 2. The summed E-state index contributed by atoms with van der Waals surface area (Å²) in [4.78, 5) is 10.6. The molecule has 0 bridgehead atoms. The summed E-state index contributed by atoms with van der Waals surface area (Å²) < 4.78 is 0. The van der Waals surface area contributed by atoms with Gasteiger partial charge >= 0.3 is 0 Å². The molecule has 0 spiro atoms. The van der Waals surface area contributed by atoms with Crippen molar-refractivity contribution in [2.24, 2.45) is 11.7 Å². The molecule has 1 aromatic rings. The first-order valence-corrected chi connectivity index (χ1v) is 4.91. The minimum Gasteiger partial charge on any atom is -0.341 e. The number of nitrogens with zero attached hydrogens (tertiary/aromatic N) is 3. The van der Waals surface area contributed by atoms with Crippen LogP contribution in [0.15, 0.2) is 6.07 Å². The van der Waals surface area contributed by atoms with Crippen LogP contribution in [0, 0.1) is 0 Å². The predicted molar refractivity (Wildman–Crippen MR) is 59.1 cm³/mol. The Hall–Kier alpha value is -1.60. The summed E-state index contributed by atoms with van der Waals surface area (Å²) in [5.74, 6) is 12.4.